The Balaban J connectivity index is 2.34. The molecule has 0 saturated heterocycles. The molecule has 0 unspecified atom stereocenters. The molecule has 0 spiro atoms. The van der Waals surface area contributed by atoms with E-state index in [-0.39, 0.29) is 22.1 Å². The molecule has 23 heavy (non-hydrogen) atoms. The maximum absolute atomic E-state index is 12.3. The quantitative estimate of drug-likeness (QED) is 0.842. The minimum absolute atomic E-state index is 0.0533. The van der Waals surface area contributed by atoms with Crippen LogP contribution in [0.5, 0.6) is 5.75 Å². The summed E-state index contributed by atoms with van der Waals surface area (Å²) in [6, 6.07) is 9.11. The van der Waals surface area contributed by atoms with Crippen LogP contribution in [0.15, 0.2) is 41.3 Å². The Morgan fingerprint density at radius 3 is 2.39 bits per heavy atom. The van der Waals surface area contributed by atoms with Crippen molar-refractivity contribution in [3.63, 3.8) is 0 Å². The van der Waals surface area contributed by atoms with Gasteiger partial charge < -0.3 is 10.4 Å². The molecule has 6 heteroatoms. The minimum Gasteiger partial charge on any atom is -0.506 e. The fourth-order valence-electron chi connectivity index (χ4n) is 2.05. The monoisotopic (exact) mass is 333 g/mol. The van der Waals surface area contributed by atoms with Gasteiger partial charge in [-0.1, -0.05) is 13.0 Å². The van der Waals surface area contributed by atoms with E-state index >= 15 is 0 Å². The van der Waals surface area contributed by atoms with E-state index in [9.17, 15) is 18.3 Å². The molecule has 0 aromatic heterocycles. The van der Waals surface area contributed by atoms with E-state index < -0.39 is 15.7 Å². The molecule has 122 valence electrons. The van der Waals surface area contributed by atoms with Crippen molar-refractivity contribution in [2.24, 2.45) is 0 Å². The molecule has 0 saturated carbocycles. The average Bonchev–Trinajstić information content (AvgIpc) is 2.51. The number of benzene rings is 2. The number of rotatable bonds is 4. The highest BCUT2D eigenvalue weighted by atomic mass is 32.2. The smallest absolute Gasteiger partial charge is 0.255 e. The van der Waals surface area contributed by atoms with Gasteiger partial charge in [-0.05, 0) is 55.3 Å². The molecule has 5 nitrogen and oxygen atoms in total. The van der Waals surface area contributed by atoms with Crippen LogP contribution in [0.3, 0.4) is 0 Å². The number of carbonyl (C=O) groups excluding carboxylic acids is 1. The molecule has 0 heterocycles. The summed E-state index contributed by atoms with van der Waals surface area (Å²) in [7, 11) is -3.41. The van der Waals surface area contributed by atoms with E-state index in [2.05, 4.69) is 5.32 Å². The fourth-order valence-corrected chi connectivity index (χ4v) is 2.96. The zero-order valence-corrected chi connectivity index (χ0v) is 14.1. The highest BCUT2D eigenvalue weighted by Gasteiger charge is 2.16. The van der Waals surface area contributed by atoms with Gasteiger partial charge in [0.15, 0.2) is 9.84 Å². The molecule has 2 aromatic rings. The van der Waals surface area contributed by atoms with Crippen LogP contribution in [0.25, 0.3) is 0 Å². The summed E-state index contributed by atoms with van der Waals surface area (Å²) >= 11 is 0. The van der Waals surface area contributed by atoms with E-state index in [4.69, 9.17) is 0 Å². The van der Waals surface area contributed by atoms with E-state index in [1.54, 1.807) is 12.1 Å². The summed E-state index contributed by atoms with van der Waals surface area (Å²) < 4.78 is 23.8. The molecule has 0 aliphatic carbocycles. The summed E-state index contributed by atoms with van der Waals surface area (Å²) in [5.41, 5.74) is 2.56. The van der Waals surface area contributed by atoms with Gasteiger partial charge in [0.2, 0.25) is 0 Å². The second kappa shape index (κ2) is 6.42. The number of sulfone groups is 1. The Kier molecular flexibility index (Phi) is 4.75. The average molecular weight is 333 g/mol. The van der Waals surface area contributed by atoms with Crippen molar-refractivity contribution in [1.82, 2.24) is 0 Å². The molecule has 0 atom stereocenters. The van der Waals surface area contributed by atoms with Crippen molar-refractivity contribution in [2.75, 3.05) is 11.1 Å². The lowest BCUT2D eigenvalue weighted by Gasteiger charge is -2.10. The number of phenols is 1. The third-order valence-corrected chi connectivity index (χ3v) is 5.46. The Morgan fingerprint density at radius 2 is 1.78 bits per heavy atom. The zero-order chi connectivity index (χ0) is 17.2. The number of carbonyl (C=O) groups is 1. The first-order valence-electron chi connectivity index (χ1n) is 7.19. The highest BCUT2D eigenvalue weighted by Crippen LogP contribution is 2.27. The topological polar surface area (TPSA) is 83.5 Å². The first-order valence-corrected chi connectivity index (χ1v) is 8.84. The van der Waals surface area contributed by atoms with Gasteiger partial charge >= 0.3 is 0 Å². The number of amides is 1. The normalized spacial score (nSPS) is 11.3. The third-order valence-electron chi connectivity index (χ3n) is 3.72. The molecular weight excluding hydrogens is 314 g/mol. The number of hydrogen-bond donors (Lipinski definition) is 2. The number of nitrogens with one attached hydrogen (secondary N) is 1. The van der Waals surface area contributed by atoms with Crippen LogP contribution in [-0.4, -0.2) is 25.2 Å². The van der Waals surface area contributed by atoms with Crippen LogP contribution < -0.4 is 5.32 Å². The van der Waals surface area contributed by atoms with Gasteiger partial charge in [-0.2, -0.15) is 0 Å². The number of aryl methyl sites for hydroxylation is 2. The van der Waals surface area contributed by atoms with E-state index in [0.29, 0.717) is 5.56 Å². The molecule has 2 aromatic carbocycles. The lowest BCUT2D eigenvalue weighted by atomic mass is 10.1. The van der Waals surface area contributed by atoms with Gasteiger partial charge in [-0.15, -0.1) is 0 Å². The maximum atomic E-state index is 12.3. The summed E-state index contributed by atoms with van der Waals surface area (Å²) in [6.45, 7) is 5.38. The lowest BCUT2D eigenvalue weighted by Crippen LogP contribution is -2.13. The van der Waals surface area contributed by atoms with Crippen LogP contribution in [-0.2, 0) is 9.84 Å². The third kappa shape index (κ3) is 3.71. The first kappa shape index (κ1) is 17.0. The lowest BCUT2D eigenvalue weighted by molar-refractivity contribution is 0.102. The van der Waals surface area contributed by atoms with Crippen LogP contribution in [0.2, 0.25) is 0 Å². The largest absolute Gasteiger partial charge is 0.506 e. The van der Waals surface area contributed by atoms with Crippen LogP contribution in [0.4, 0.5) is 5.69 Å². The van der Waals surface area contributed by atoms with Crippen molar-refractivity contribution in [1.29, 1.82) is 0 Å². The van der Waals surface area contributed by atoms with Crippen molar-refractivity contribution in [3.8, 4) is 5.75 Å². The van der Waals surface area contributed by atoms with Gasteiger partial charge in [0, 0.05) is 5.56 Å². The predicted molar refractivity (Wildman–Crippen MR) is 89.7 cm³/mol. The standard InChI is InChI=1S/C17H19NO4S/c1-4-23(21,22)14-7-8-16(19)15(10-14)18-17(20)13-6-5-11(2)12(3)9-13/h5-10,19H,4H2,1-3H3,(H,18,20). The number of phenolic OH excluding ortho intramolecular Hbond substituents is 1. The Bertz CT molecular complexity index is 857. The van der Waals surface area contributed by atoms with Gasteiger partial charge in [-0.25, -0.2) is 8.42 Å². The SMILES string of the molecule is CCS(=O)(=O)c1ccc(O)c(NC(=O)c2ccc(C)c(C)c2)c1. The van der Waals surface area contributed by atoms with Crippen molar-refractivity contribution >= 4 is 21.4 Å². The number of aromatic hydroxyl groups is 1. The maximum Gasteiger partial charge on any atom is 0.255 e. The van der Waals surface area contributed by atoms with Gasteiger partial charge in [0.25, 0.3) is 5.91 Å². The Labute approximate surface area is 135 Å². The van der Waals surface area contributed by atoms with Crippen LogP contribution >= 0.6 is 0 Å². The number of anilines is 1. The van der Waals surface area contributed by atoms with Gasteiger partial charge in [0.1, 0.15) is 5.75 Å². The molecule has 2 N–H and O–H groups in total. The second-order valence-electron chi connectivity index (χ2n) is 5.34. The fraction of sp³-hybridized carbons (Fsp3) is 0.235. The second-order valence-corrected chi connectivity index (χ2v) is 7.61. The Hall–Kier alpha value is -2.34. The zero-order valence-electron chi connectivity index (χ0n) is 13.3. The van der Waals surface area contributed by atoms with E-state index in [1.165, 1.54) is 25.1 Å². The molecule has 0 radical (unpaired) electrons. The molecule has 1 amide bonds. The van der Waals surface area contributed by atoms with E-state index in [1.807, 2.05) is 19.9 Å². The van der Waals surface area contributed by atoms with Crippen LogP contribution in [0.1, 0.15) is 28.4 Å². The summed E-state index contributed by atoms with van der Waals surface area (Å²) in [5, 5.41) is 12.4. The molecule has 2 rings (SSSR count). The van der Waals surface area contributed by atoms with Gasteiger partial charge in [-0.3, -0.25) is 4.79 Å². The van der Waals surface area contributed by atoms with Gasteiger partial charge in [0.05, 0.1) is 16.3 Å². The highest BCUT2D eigenvalue weighted by molar-refractivity contribution is 7.91. The van der Waals surface area contributed by atoms with Crippen LogP contribution in [0, 0.1) is 13.8 Å². The van der Waals surface area contributed by atoms with Crippen molar-refractivity contribution in [3.05, 3.63) is 53.1 Å². The summed E-state index contributed by atoms with van der Waals surface area (Å²) in [5.74, 6) is -0.644. The van der Waals surface area contributed by atoms with Crippen molar-refractivity contribution < 1.29 is 18.3 Å². The Morgan fingerprint density at radius 1 is 1.09 bits per heavy atom. The molecule has 0 bridgehead atoms. The molecule has 0 aliphatic heterocycles. The predicted octanol–water partition coefficient (Wildman–Crippen LogP) is 3.05. The molecule has 0 aliphatic rings. The molecular formula is C17H19NO4S. The number of hydrogen-bond acceptors (Lipinski definition) is 4. The van der Waals surface area contributed by atoms with E-state index in [0.717, 1.165) is 11.1 Å². The van der Waals surface area contributed by atoms with Crippen molar-refractivity contribution in [2.45, 2.75) is 25.7 Å². The molecule has 0 fully saturated rings. The summed E-state index contributed by atoms with van der Waals surface area (Å²) in [6.07, 6.45) is 0. The summed E-state index contributed by atoms with van der Waals surface area (Å²) in [4.78, 5) is 12.4. The first-order chi connectivity index (χ1) is 10.7. The minimum atomic E-state index is -3.41.